The number of nitrogens with zero attached hydrogens (tertiary/aromatic N) is 7. The van der Waals surface area contributed by atoms with Gasteiger partial charge in [-0.1, -0.05) is 18.2 Å². The number of anilines is 1. The van der Waals surface area contributed by atoms with Gasteiger partial charge in [-0.15, -0.1) is 0 Å². The van der Waals surface area contributed by atoms with Crippen molar-refractivity contribution < 1.29 is 0 Å². The Bertz CT molecular complexity index is 969. The number of imidazole rings is 1. The molecule has 0 aliphatic rings. The summed E-state index contributed by atoms with van der Waals surface area (Å²) in [4.78, 5) is 15.1. The van der Waals surface area contributed by atoms with Gasteiger partial charge in [0.1, 0.15) is 6.33 Å². The Kier molecular flexibility index (Phi) is 3.45. The molecule has 120 valence electrons. The molecule has 0 atom stereocenters. The monoisotopic (exact) mass is 319 g/mol. The van der Waals surface area contributed by atoms with Crippen LogP contribution in [0, 0.1) is 0 Å². The van der Waals surface area contributed by atoms with Gasteiger partial charge in [0, 0.05) is 25.9 Å². The Balaban J connectivity index is 1.66. The quantitative estimate of drug-likeness (QED) is 0.576. The van der Waals surface area contributed by atoms with Gasteiger partial charge in [-0.05, 0) is 12.1 Å². The number of hydrogen-bond acceptors (Lipinski definition) is 5. The Morgan fingerprint density at radius 3 is 2.67 bits per heavy atom. The summed E-state index contributed by atoms with van der Waals surface area (Å²) in [5, 5.41) is 4.43. The molecule has 0 unspecified atom stereocenters. The maximum absolute atomic E-state index is 4.47. The lowest BCUT2D eigenvalue weighted by Gasteiger charge is -2.10. The fraction of sp³-hybridized carbons (Fsp3) is 0.176. The Labute approximate surface area is 139 Å². The second-order valence-electron chi connectivity index (χ2n) is 5.77. The van der Waals surface area contributed by atoms with Crippen LogP contribution in [0.15, 0.2) is 55.4 Å². The van der Waals surface area contributed by atoms with E-state index in [4.69, 9.17) is 0 Å². The van der Waals surface area contributed by atoms with E-state index >= 15 is 0 Å². The molecule has 7 nitrogen and oxygen atoms in total. The topological polar surface area (TPSA) is 64.7 Å². The maximum Gasteiger partial charge on any atom is 0.165 e. The second-order valence-corrected chi connectivity index (χ2v) is 5.77. The van der Waals surface area contributed by atoms with E-state index in [1.807, 2.05) is 71.0 Å². The molecule has 0 N–H and O–H groups in total. The third-order valence-electron chi connectivity index (χ3n) is 3.82. The van der Waals surface area contributed by atoms with Crippen LogP contribution in [0.4, 0.5) is 5.82 Å². The number of rotatable bonds is 4. The molecule has 0 aliphatic carbocycles. The highest BCUT2D eigenvalue weighted by Gasteiger charge is 2.12. The molecule has 0 saturated heterocycles. The normalized spacial score (nSPS) is 11.1. The molecule has 0 spiro atoms. The SMILES string of the molecule is CN(C)c1ncnc2c1ncn2Cc1cnn(-c2ccccc2)c1. The molecule has 4 aromatic rings. The maximum atomic E-state index is 4.47. The first kappa shape index (κ1) is 14.4. The van der Waals surface area contributed by atoms with Gasteiger partial charge in [0.05, 0.1) is 24.8 Å². The Morgan fingerprint density at radius 2 is 1.88 bits per heavy atom. The minimum absolute atomic E-state index is 0.660. The van der Waals surface area contributed by atoms with Crippen LogP contribution in [0.25, 0.3) is 16.9 Å². The number of aromatic nitrogens is 6. The molecule has 1 aromatic carbocycles. The van der Waals surface area contributed by atoms with Gasteiger partial charge < -0.3 is 9.47 Å². The van der Waals surface area contributed by atoms with Crippen molar-refractivity contribution in [1.29, 1.82) is 0 Å². The van der Waals surface area contributed by atoms with Crippen molar-refractivity contribution in [3.05, 3.63) is 60.9 Å². The second kappa shape index (κ2) is 5.77. The minimum atomic E-state index is 0.660. The van der Waals surface area contributed by atoms with Crippen LogP contribution in [-0.2, 0) is 6.54 Å². The standard InChI is InChI=1S/C17H17N7/c1-22(2)16-15-17(19-11-18-16)23(12-20-15)9-13-8-21-24(10-13)14-6-4-3-5-7-14/h3-8,10-12H,9H2,1-2H3. The third-order valence-corrected chi connectivity index (χ3v) is 3.82. The number of benzene rings is 1. The van der Waals surface area contributed by atoms with Gasteiger partial charge in [0.25, 0.3) is 0 Å². The third kappa shape index (κ3) is 2.50. The van der Waals surface area contributed by atoms with Gasteiger partial charge in [0.2, 0.25) is 0 Å². The van der Waals surface area contributed by atoms with Crippen molar-refractivity contribution >= 4 is 17.0 Å². The van der Waals surface area contributed by atoms with Crippen LogP contribution in [0.3, 0.4) is 0 Å². The van der Waals surface area contributed by atoms with Crippen molar-refractivity contribution in [2.75, 3.05) is 19.0 Å². The minimum Gasteiger partial charge on any atom is -0.361 e. The first-order valence-corrected chi connectivity index (χ1v) is 7.64. The van der Waals surface area contributed by atoms with Crippen molar-refractivity contribution in [2.45, 2.75) is 6.54 Å². The number of hydrogen-bond donors (Lipinski definition) is 0. The average Bonchev–Trinajstić information content (AvgIpc) is 3.23. The molecule has 0 aliphatic heterocycles. The molecule has 3 aromatic heterocycles. The highest BCUT2D eigenvalue weighted by atomic mass is 15.3. The summed E-state index contributed by atoms with van der Waals surface area (Å²) in [6, 6.07) is 10.0. The zero-order valence-corrected chi connectivity index (χ0v) is 13.5. The zero-order chi connectivity index (χ0) is 16.5. The summed E-state index contributed by atoms with van der Waals surface area (Å²) in [6.45, 7) is 0.660. The largest absolute Gasteiger partial charge is 0.361 e. The van der Waals surface area contributed by atoms with Crippen LogP contribution in [-0.4, -0.2) is 43.4 Å². The summed E-state index contributed by atoms with van der Waals surface area (Å²) in [6.07, 6.45) is 7.26. The summed E-state index contributed by atoms with van der Waals surface area (Å²) >= 11 is 0. The van der Waals surface area contributed by atoms with E-state index in [0.717, 1.165) is 28.2 Å². The van der Waals surface area contributed by atoms with E-state index < -0.39 is 0 Å². The lowest BCUT2D eigenvalue weighted by molar-refractivity contribution is 0.811. The first-order chi connectivity index (χ1) is 11.7. The predicted molar refractivity (Wildman–Crippen MR) is 92.3 cm³/mol. The Hall–Kier alpha value is -3.22. The summed E-state index contributed by atoms with van der Waals surface area (Å²) in [5.74, 6) is 0.818. The van der Waals surface area contributed by atoms with Crippen molar-refractivity contribution in [2.24, 2.45) is 0 Å². The summed E-state index contributed by atoms with van der Waals surface area (Å²) < 4.78 is 3.88. The van der Waals surface area contributed by atoms with Crippen LogP contribution in [0.5, 0.6) is 0 Å². The molecule has 3 heterocycles. The molecular formula is C17H17N7. The van der Waals surface area contributed by atoms with Crippen LogP contribution >= 0.6 is 0 Å². The van der Waals surface area contributed by atoms with Crippen molar-refractivity contribution in [3.63, 3.8) is 0 Å². The molecule has 0 amide bonds. The molecule has 0 bridgehead atoms. The van der Waals surface area contributed by atoms with E-state index in [1.165, 1.54) is 0 Å². The molecule has 0 saturated carbocycles. The predicted octanol–water partition coefficient (Wildman–Crippen LogP) is 2.13. The van der Waals surface area contributed by atoms with E-state index in [-0.39, 0.29) is 0 Å². The van der Waals surface area contributed by atoms with Crippen LogP contribution in [0.1, 0.15) is 5.56 Å². The number of para-hydroxylation sites is 1. The lowest BCUT2D eigenvalue weighted by atomic mass is 10.3. The highest BCUT2D eigenvalue weighted by molar-refractivity contribution is 5.83. The molecule has 4 rings (SSSR count). The molecule has 0 fully saturated rings. The van der Waals surface area contributed by atoms with Crippen molar-refractivity contribution in [1.82, 2.24) is 29.3 Å². The van der Waals surface area contributed by atoms with E-state index in [0.29, 0.717) is 6.54 Å². The molecule has 7 heteroatoms. The van der Waals surface area contributed by atoms with Crippen molar-refractivity contribution in [3.8, 4) is 5.69 Å². The molecular weight excluding hydrogens is 302 g/mol. The molecule has 0 radical (unpaired) electrons. The Morgan fingerprint density at radius 1 is 1.04 bits per heavy atom. The summed E-state index contributed by atoms with van der Waals surface area (Å²) in [7, 11) is 3.90. The highest BCUT2D eigenvalue weighted by Crippen LogP contribution is 2.20. The fourth-order valence-electron chi connectivity index (χ4n) is 2.67. The first-order valence-electron chi connectivity index (χ1n) is 7.64. The molecule has 24 heavy (non-hydrogen) atoms. The van der Waals surface area contributed by atoms with E-state index in [9.17, 15) is 0 Å². The summed E-state index contributed by atoms with van der Waals surface area (Å²) in [5.41, 5.74) is 3.75. The van der Waals surface area contributed by atoms with Gasteiger partial charge in [-0.3, -0.25) is 0 Å². The smallest absolute Gasteiger partial charge is 0.165 e. The van der Waals surface area contributed by atoms with Gasteiger partial charge in [-0.25, -0.2) is 19.6 Å². The van der Waals surface area contributed by atoms with E-state index in [2.05, 4.69) is 20.1 Å². The number of fused-ring (bicyclic) bond motifs is 1. The van der Waals surface area contributed by atoms with Gasteiger partial charge >= 0.3 is 0 Å². The lowest BCUT2D eigenvalue weighted by Crippen LogP contribution is -2.11. The van der Waals surface area contributed by atoms with Crippen LogP contribution < -0.4 is 4.90 Å². The van der Waals surface area contributed by atoms with Gasteiger partial charge in [0.15, 0.2) is 17.0 Å². The van der Waals surface area contributed by atoms with Gasteiger partial charge in [-0.2, -0.15) is 5.10 Å². The fourth-order valence-corrected chi connectivity index (χ4v) is 2.67. The average molecular weight is 319 g/mol. The van der Waals surface area contributed by atoms with Crippen LogP contribution in [0.2, 0.25) is 0 Å². The zero-order valence-electron chi connectivity index (χ0n) is 13.5. The van der Waals surface area contributed by atoms with E-state index in [1.54, 1.807) is 12.7 Å².